The number of aromatic nitrogens is 2. The van der Waals surface area contributed by atoms with E-state index in [-0.39, 0.29) is 11.6 Å². The Morgan fingerprint density at radius 3 is 1.90 bits per heavy atom. The van der Waals surface area contributed by atoms with Crippen molar-refractivity contribution in [3.63, 3.8) is 0 Å². The molecule has 0 aliphatic heterocycles. The SMILES string of the molecule is Cc1cc(-c2ncc(F)c3ccccc23)ccc1F.Fc1cc(-c2nccc3ccccc23)ccc1C(F)(F)F. The van der Waals surface area contributed by atoms with Crippen LogP contribution in [0.25, 0.3) is 44.1 Å². The summed E-state index contributed by atoms with van der Waals surface area (Å²) in [6.07, 6.45) is -1.95. The van der Waals surface area contributed by atoms with E-state index in [0.29, 0.717) is 27.9 Å². The summed E-state index contributed by atoms with van der Waals surface area (Å²) >= 11 is 0. The molecule has 0 saturated carbocycles. The van der Waals surface area contributed by atoms with Crippen molar-refractivity contribution < 1.29 is 26.3 Å². The molecule has 0 fully saturated rings. The molecular formula is C32H20F6N2. The molecule has 0 saturated heterocycles. The number of halogens is 6. The summed E-state index contributed by atoms with van der Waals surface area (Å²) in [6, 6.07) is 23.9. The Labute approximate surface area is 225 Å². The Bertz CT molecular complexity index is 1840. The highest BCUT2D eigenvalue weighted by Gasteiger charge is 2.34. The van der Waals surface area contributed by atoms with Gasteiger partial charge in [0, 0.05) is 33.5 Å². The number of hydrogen-bond acceptors (Lipinski definition) is 2. The van der Waals surface area contributed by atoms with Crippen LogP contribution in [-0.2, 0) is 6.18 Å². The molecule has 0 atom stereocenters. The van der Waals surface area contributed by atoms with E-state index in [2.05, 4.69) is 9.97 Å². The number of fused-ring (bicyclic) bond motifs is 2. The van der Waals surface area contributed by atoms with Crippen LogP contribution in [0, 0.1) is 24.4 Å². The lowest BCUT2D eigenvalue weighted by Crippen LogP contribution is -2.07. The van der Waals surface area contributed by atoms with Crippen LogP contribution in [0.5, 0.6) is 0 Å². The van der Waals surface area contributed by atoms with Crippen LogP contribution >= 0.6 is 0 Å². The van der Waals surface area contributed by atoms with E-state index < -0.39 is 17.6 Å². The third-order valence-electron chi connectivity index (χ3n) is 6.40. The molecule has 0 bridgehead atoms. The maximum atomic E-state index is 13.7. The molecule has 0 spiro atoms. The van der Waals surface area contributed by atoms with Crippen molar-refractivity contribution in [3.05, 3.63) is 132 Å². The molecule has 2 nitrogen and oxygen atoms in total. The number of benzene rings is 4. The predicted molar refractivity (Wildman–Crippen MR) is 144 cm³/mol. The van der Waals surface area contributed by atoms with Crippen LogP contribution in [-0.4, -0.2) is 9.97 Å². The van der Waals surface area contributed by atoms with E-state index in [0.717, 1.165) is 33.9 Å². The van der Waals surface area contributed by atoms with Crippen LogP contribution in [0.2, 0.25) is 0 Å². The minimum absolute atomic E-state index is 0.254. The van der Waals surface area contributed by atoms with Gasteiger partial charge in [0.15, 0.2) is 0 Å². The fourth-order valence-corrected chi connectivity index (χ4v) is 4.42. The van der Waals surface area contributed by atoms with Gasteiger partial charge in [0.1, 0.15) is 17.5 Å². The molecule has 8 heteroatoms. The highest BCUT2D eigenvalue weighted by molar-refractivity contribution is 5.95. The lowest BCUT2D eigenvalue weighted by molar-refractivity contribution is -0.139. The zero-order chi connectivity index (χ0) is 28.4. The molecule has 6 rings (SSSR count). The summed E-state index contributed by atoms with van der Waals surface area (Å²) in [6.45, 7) is 1.70. The average molecular weight is 547 g/mol. The summed E-state index contributed by atoms with van der Waals surface area (Å²) in [5.41, 5.74) is 1.51. The van der Waals surface area contributed by atoms with Crippen molar-refractivity contribution >= 4 is 21.5 Å². The van der Waals surface area contributed by atoms with Crippen molar-refractivity contribution in [2.45, 2.75) is 13.1 Å². The third kappa shape index (κ3) is 5.38. The Hall–Kier alpha value is -4.72. The number of hydrogen-bond donors (Lipinski definition) is 0. The first-order valence-electron chi connectivity index (χ1n) is 12.1. The second-order valence-electron chi connectivity index (χ2n) is 9.04. The van der Waals surface area contributed by atoms with E-state index in [9.17, 15) is 26.3 Å². The summed E-state index contributed by atoms with van der Waals surface area (Å²) in [5, 5.41) is 2.91. The quantitative estimate of drug-likeness (QED) is 0.202. The van der Waals surface area contributed by atoms with E-state index in [4.69, 9.17) is 0 Å². The molecule has 0 aliphatic rings. The lowest BCUT2D eigenvalue weighted by Gasteiger charge is -2.10. The van der Waals surface area contributed by atoms with Crippen molar-refractivity contribution in [1.29, 1.82) is 0 Å². The minimum atomic E-state index is -4.70. The Morgan fingerprint density at radius 2 is 1.20 bits per heavy atom. The molecule has 0 amide bonds. The van der Waals surface area contributed by atoms with E-state index in [1.165, 1.54) is 18.3 Å². The third-order valence-corrected chi connectivity index (χ3v) is 6.40. The van der Waals surface area contributed by atoms with Crippen LogP contribution in [0.15, 0.2) is 103 Å². The normalized spacial score (nSPS) is 11.4. The summed E-state index contributed by atoms with van der Waals surface area (Å²) < 4.78 is 78.4. The van der Waals surface area contributed by atoms with Crippen LogP contribution < -0.4 is 0 Å². The van der Waals surface area contributed by atoms with Crippen molar-refractivity contribution in [3.8, 4) is 22.5 Å². The lowest BCUT2D eigenvalue weighted by atomic mass is 10.0. The first-order chi connectivity index (χ1) is 19.1. The fourth-order valence-electron chi connectivity index (χ4n) is 4.42. The van der Waals surface area contributed by atoms with Crippen LogP contribution in [0.4, 0.5) is 26.3 Å². The molecular weight excluding hydrogens is 526 g/mol. The predicted octanol–water partition coefficient (Wildman–Crippen LogP) is 9.55. The van der Waals surface area contributed by atoms with E-state index in [1.807, 2.05) is 24.3 Å². The van der Waals surface area contributed by atoms with E-state index in [1.54, 1.807) is 55.6 Å². The largest absolute Gasteiger partial charge is 0.419 e. The van der Waals surface area contributed by atoms with Crippen molar-refractivity contribution in [2.24, 2.45) is 0 Å². The molecule has 4 aromatic carbocycles. The Morgan fingerprint density at radius 1 is 0.575 bits per heavy atom. The van der Waals surface area contributed by atoms with Gasteiger partial charge in [0.25, 0.3) is 0 Å². The molecule has 40 heavy (non-hydrogen) atoms. The second-order valence-corrected chi connectivity index (χ2v) is 9.04. The standard InChI is InChI=1S/C16H9F4N.C16H11F2N/c17-14-9-11(5-6-13(14)16(18,19)20)15-12-4-2-1-3-10(12)7-8-21-15;1-10-8-11(6-7-14(10)17)16-13-5-3-2-4-12(13)15(18)9-19-16/h1-9H;2-9H,1H3. The van der Waals surface area contributed by atoms with Crippen molar-refractivity contribution in [1.82, 2.24) is 9.97 Å². The Balaban J connectivity index is 0.000000162. The van der Waals surface area contributed by atoms with Gasteiger partial charge in [-0.25, -0.2) is 13.2 Å². The van der Waals surface area contributed by atoms with Crippen LogP contribution in [0.1, 0.15) is 11.1 Å². The number of rotatable bonds is 2. The number of alkyl halides is 3. The minimum Gasteiger partial charge on any atom is -0.256 e. The van der Waals surface area contributed by atoms with Gasteiger partial charge < -0.3 is 0 Å². The second kappa shape index (κ2) is 10.8. The van der Waals surface area contributed by atoms with Crippen LogP contribution in [0.3, 0.4) is 0 Å². The first kappa shape index (κ1) is 26.9. The number of pyridine rings is 2. The summed E-state index contributed by atoms with van der Waals surface area (Å²) in [7, 11) is 0. The van der Waals surface area contributed by atoms with E-state index >= 15 is 0 Å². The smallest absolute Gasteiger partial charge is 0.256 e. The fraction of sp³-hybridized carbons (Fsp3) is 0.0625. The first-order valence-corrected chi connectivity index (χ1v) is 12.1. The molecule has 0 unspecified atom stereocenters. The zero-order valence-corrected chi connectivity index (χ0v) is 21.0. The van der Waals surface area contributed by atoms with Gasteiger partial charge in [-0.3, -0.25) is 9.97 Å². The zero-order valence-electron chi connectivity index (χ0n) is 21.0. The topological polar surface area (TPSA) is 25.8 Å². The van der Waals surface area contributed by atoms with Gasteiger partial charge in [-0.2, -0.15) is 13.2 Å². The van der Waals surface area contributed by atoms with Gasteiger partial charge in [-0.05, 0) is 54.3 Å². The van der Waals surface area contributed by atoms with Gasteiger partial charge in [-0.15, -0.1) is 0 Å². The monoisotopic (exact) mass is 546 g/mol. The highest BCUT2D eigenvalue weighted by atomic mass is 19.4. The van der Waals surface area contributed by atoms with Gasteiger partial charge >= 0.3 is 6.18 Å². The van der Waals surface area contributed by atoms with Gasteiger partial charge in [0.05, 0.1) is 23.1 Å². The molecule has 2 aromatic heterocycles. The molecule has 2 heterocycles. The van der Waals surface area contributed by atoms with Crippen molar-refractivity contribution in [2.75, 3.05) is 0 Å². The van der Waals surface area contributed by atoms with Gasteiger partial charge in [0.2, 0.25) is 0 Å². The maximum absolute atomic E-state index is 13.7. The molecule has 0 N–H and O–H groups in total. The number of nitrogens with zero attached hydrogens (tertiary/aromatic N) is 2. The molecule has 0 radical (unpaired) electrons. The Kier molecular flexibility index (Phi) is 7.26. The molecule has 0 aliphatic carbocycles. The highest BCUT2D eigenvalue weighted by Crippen LogP contribution is 2.34. The molecule has 200 valence electrons. The number of aryl methyl sites for hydroxylation is 1. The average Bonchev–Trinajstić information content (AvgIpc) is 2.94. The van der Waals surface area contributed by atoms with Gasteiger partial charge in [-0.1, -0.05) is 54.6 Å². The summed E-state index contributed by atoms with van der Waals surface area (Å²) in [4.78, 5) is 8.31. The molecule has 6 aromatic rings. The summed E-state index contributed by atoms with van der Waals surface area (Å²) in [5.74, 6) is -1.90. The maximum Gasteiger partial charge on any atom is 0.419 e.